The quantitative estimate of drug-likeness (QED) is 0.446. The first-order valence-corrected chi connectivity index (χ1v) is 13.3. The van der Waals surface area contributed by atoms with Crippen molar-refractivity contribution >= 4 is 17.8 Å². The minimum atomic E-state index is -4.58. The lowest BCUT2D eigenvalue weighted by Crippen LogP contribution is -2.66. The molecule has 2 aliphatic heterocycles. The average molecular weight is 577 g/mol. The van der Waals surface area contributed by atoms with Gasteiger partial charge >= 0.3 is 12.2 Å². The average Bonchev–Trinajstić information content (AvgIpc) is 3.16. The molecular formula is C28H35F3N6O4. The highest BCUT2D eigenvalue weighted by Gasteiger charge is 2.55. The highest BCUT2D eigenvalue weighted by molar-refractivity contribution is 5.92. The van der Waals surface area contributed by atoms with Gasteiger partial charge in [0.25, 0.3) is 0 Å². The molecule has 1 aromatic carbocycles. The SMILES string of the molecule is CC(C)(N)C(=O)NC(COCc1ccccc1)C(=O)N1CCN2C(=O)N(CC(F)(F)F)CC2(Cc2ccccn2)C1. The fourth-order valence-corrected chi connectivity index (χ4v) is 5.19. The van der Waals surface area contributed by atoms with Gasteiger partial charge in [-0.05, 0) is 31.5 Å². The number of fused-ring (bicyclic) bond motifs is 1. The maximum Gasteiger partial charge on any atom is 0.406 e. The summed E-state index contributed by atoms with van der Waals surface area (Å²) in [4.78, 5) is 47.7. The number of halogens is 3. The Morgan fingerprint density at radius 3 is 2.44 bits per heavy atom. The predicted molar refractivity (Wildman–Crippen MR) is 143 cm³/mol. The summed E-state index contributed by atoms with van der Waals surface area (Å²) < 4.78 is 45.8. The molecule has 4 amide bonds. The molecule has 3 heterocycles. The van der Waals surface area contributed by atoms with Crippen LogP contribution in [0.2, 0.25) is 0 Å². The van der Waals surface area contributed by atoms with Gasteiger partial charge in [-0.3, -0.25) is 14.6 Å². The molecule has 0 bridgehead atoms. The van der Waals surface area contributed by atoms with Crippen LogP contribution in [0.15, 0.2) is 54.7 Å². The lowest BCUT2D eigenvalue weighted by molar-refractivity contribution is -0.143. The van der Waals surface area contributed by atoms with E-state index in [0.29, 0.717) is 5.69 Å². The van der Waals surface area contributed by atoms with Crippen molar-refractivity contribution in [3.8, 4) is 0 Å². The molecule has 41 heavy (non-hydrogen) atoms. The largest absolute Gasteiger partial charge is 0.406 e. The summed E-state index contributed by atoms with van der Waals surface area (Å²) in [5.74, 6) is -1.04. The maximum atomic E-state index is 13.9. The smallest absolute Gasteiger partial charge is 0.374 e. The van der Waals surface area contributed by atoms with Gasteiger partial charge < -0.3 is 30.5 Å². The van der Waals surface area contributed by atoms with Gasteiger partial charge in [0.15, 0.2) is 0 Å². The molecule has 13 heteroatoms. The second-order valence-corrected chi connectivity index (χ2v) is 11.1. The van der Waals surface area contributed by atoms with Crippen LogP contribution in [0.25, 0.3) is 0 Å². The van der Waals surface area contributed by atoms with Gasteiger partial charge in [-0.2, -0.15) is 13.2 Å². The predicted octanol–water partition coefficient (Wildman–Crippen LogP) is 1.94. The molecule has 2 aromatic rings. The van der Waals surface area contributed by atoms with E-state index < -0.39 is 47.7 Å². The summed E-state index contributed by atoms with van der Waals surface area (Å²) in [6, 6.07) is 12.7. The standard InChI is InChI=1S/C28H35F3N6O4/c1-26(2,32)24(39)34-22(16-41-15-20-8-4-3-5-9-20)23(38)35-12-13-37-25(40)36(19-28(29,30)31)18-27(37,17-35)14-21-10-6-7-11-33-21/h3-11,22H,12-19,32H2,1-2H3,(H,34,39). The summed E-state index contributed by atoms with van der Waals surface area (Å²) in [5, 5.41) is 2.68. The Morgan fingerprint density at radius 1 is 1.10 bits per heavy atom. The number of nitrogens with one attached hydrogen (secondary N) is 1. The summed E-state index contributed by atoms with van der Waals surface area (Å²) in [6.07, 6.45) is -2.86. The van der Waals surface area contributed by atoms with Gasteiger partial charge in [0.2, 0.25) is 11.8 Å². The van der Waals surface area contributed by atoms with Crippen LogP contribution in [-0.4, -0.2) is 100 Å². The monoisotopic (exact) mass is 576 g/mol. The summed E-state index contributed by atoms with van der Waals surface area (Å²) in [7, 11) is 0. The Bertz CT molecular complexity index is 1220. The van der Waals surface area contributed by atoms with Crippen molar-refractivity contribution < 1.29 is 32.3 Å². The Balaban J connectivity index is 1.57. The van der Waals surface area contributed by atoms with Crippen molar-refractivity contribution in [2.75, 3.05) is 39.3 Å². The molecule has 0 radical (unpaired) electrons. The Labute approximate surface area is 236 Å². The summed E-state index contributed by atoms with van der Waals surface area (Å²) in [6.45, 7) is 1.50. The number of carbonyl (C=O) groups is 3. The third-order valence-electron chi connectivity index (χ3n) is 7.14. The van der Waals surface area contributed by atoms with E-state index in [9.17, 15) is 27.6 Å². The fraction of sp³-hybridized carbons (Fsp3) is 0.500. The van der Waals surface area contributed by atoms with E-state index in [0.717, 1.165) is 10.5 Å². The van der Waals surface area contributed by atoms with Crippen LogP contribution >= 0.6 is 0 Å². The van der Waals surface area contributed by atoms with E-state index in [-0.39, 0.29) is 45.8 Å². The van der Waals surface area contributed by atoms with Crippen LogP contribution in [0.5, 0.6) is 0 Å². The number of nitrogens with two attached hydrogens (primary N) is 1. The van der Waals surface area contributed by atoms with Gasteiger partial charge in [-0.25, -0.2) is 4.79 Å². The number of urea groups is 1. The van der Waals surface area contributed by atoms with Crippen molar-refractivity contribution in [1.82, 2.24) is 25.0 Å². The third kappa shape index (κ3) is 7.53. The number of hydrogen-bond acceptors (Lipinski definition) is 6. The number of ether oxygens (including phenoxy) is 1. The Kier molecular flexibility index (Phi) is 8.88. The van der Waals surface area contributed by atoms with Crippen LogP contribution in [0.4, 0.5) is 18.0 Å². The zero-order valence-electron chi connectivity index (χ0n) is 23.1. The maximum absolute atomic E-state index is 13.9. The van der Waals surface area contributed by atoms with Crippen LogP contribution in [0.1, 0.15) is 25.1 Å². The molecule has 3 N–H and O–H groups in total. The fourth-order valence-electron chi connectivity index (χ4n) is 5.19. The molecule has 0 spiro atoms. The Hall–Kier alpha value is -3.71. The normalized spacial score (nSPS) is 20.1. The minimum absolute atomic E-state index is 0.0275. The van der Waals surface area contributed by atoms with Crippen molar-refractivity contribution in [2.45, 2.75) is 50.2 Å². The van der Waals surface area contributed by atoms with Gasteiger partial charge in [0.05, 0.1) is 24.3 Å². The zero-order chi connectivity index (χ0) is 29.8. The third-order valence-corrected chi connectivity index (χ3v) is 7.14. The first kappa shape index (κ1) is 30.3. The van der Waals surface area contributed by atoms with E-state index in [1.165, 1.54) is 23.6 Å². The molecule has 2 fully saturated rings. The van der Waals surface area contributed by atoms with E-state index >= 15 is 0 Å². The molecule has 2 aliphatic rings. The first-order valence-electron chi connectivity index (χ1n) is 13.3. The number of rotatable bonds is 10. The number of piperazine rings is 1. The van der Waals surface area contributed by atoms with E-state index in [1.807, 2.05) is 30.3 Å². The lowest BCUT2D eigenvalue weighted by atomic mass is 9.89. The summed E-state index contributed by atoms with van der Waals surface area (Å²) >= 11 is 0. The highest BCUT2D eigenvalue weighted by atomic mass is 19.4. The number of pyridine rings is 1. The second kappa shape index (κ2) is 12.0. The van der Waals surface area contributed by atoms with E-state index in [1.54, 1.807) is 24.4 Å². The number of hydrogen-bond donors (Lipinski definition) is 2. The molecule has 0 saturated carbocycles. The minimum Gasteiger partial charge on any atom is -0.374 e. The molecular weight excluding hydrogens is 541 g/mol. The molecule has 2 atom stereocenters. The van der Waals surface area contributed by atoms with Crippen molar-refractivity contribution in [2.24, 2.45) is 5.73 Å². The molecule has 0 aliphatic carbocycles. The van der Waals surface area contributed by atoms with Gasteiger partial charge in [0, 0.05) is 44.5 Å². The van der Waals surface area contributed by atoms with Crippen molar-refractivity contribution in [1.29, 1.82) is 0 Å². The lowest BCUT2D eigenvalue weighted by Gasteiger charge is -2.46. The summed E-state index contributed by atoms with van der Waals surface area (Å²) in [5.41, 5.74) is 5.00. The van der Waals surface area contributed by atoms with Crippen LogP contribution < -0.4 is 11.1 Å². The number of nitrogens with zero attached hydrogens (tertiary/aromatic N) is 4. The van der Waals surface area contributed by atoms with Gasteiger partial charge in [0.1, 0.15) is 12.6 Å². The number of amides is 4. The topological polar surface area (TPSA) is 121 Å². The number of carbonyl (C=O) groups excluding carboxylic acids is 3. The number of alkyl halides is 3. The number of benzene rings is 1. The molecule has 10 nitrogen and oxygen atoms in total. The van der Waals surface area contributed by atoms with Crippen molar-refractivity contribution in [3.05, 3.63) is 66.0 Å². The van der Waals surface area contributed by atoms with Crippen LogP contribution in [0.3, 0.4) is 0 Å². The molecule has 2 saturated heterocycles. The van der Waals surface area contributed by atoms with Crippen molar-refractivity contribution in [3.63, 3.8) is 0 Å². The first-order chi connectivity index (χ1) is 19.3. The van der Waals surface area contributed by atoms with E-state index in [2.05, 4.69) is 10.3 Å². The number of aromatic nitrogens is 1. The Morgan fingerprint density at radius 2 is 1.80 bits per heavy atom. The molecule has 2 unspecified atom stereocenters. The molecule has 1 aromatic heterocycles. The van der Waals surface area contributed by atoms with Gasteiger partial charge in [-0.15, -0.1) is 0 Å². The highest BCUT2D eigenvalue weighted by Crippen LogP contribution is 2.35. The van der Waals surface area contributed by atoms with Crippen LogP contribution in [-0.2, 0) is 27.4 Å². The second-order valence-electron chi connectivity index (χ2n) is 11.1. The molecule has 4 rings (SSSR count). The van der Waals surface area contributed by atoms with Crippen LogP contribution in [0, 0.1) is 0 Å². The van der Waals surface area contributed by atoms with Gasteiger partial charge in [-0.1, -0.05) is 36.4 Å². The zero-order valence-corrected chi connectivity index (χ0v) is 23.1. The molecule has 222 valence electrons. The van der Waals surface area contributed by atoms with E-state index in [4.69, 9.17) is 10.5 Å².